The van der Waals surface area contributed by atoms with Gasteiger partial charge < -0.3 is 10.1 Å². The summed E-state index contributed by atoms with van der Waals surface area (Å²) in [5.41, 5.74) is 2.11. The van der Waals surface area contributed by atoms with Crippen molar-refractivity contribution in [3.8, 4) is 5.75 Å². The lowest BCUT2D eigenvalue weighted by Crippen LogP contribution is -2.35. The topological polar surface area (TPSA) is 55.4 Å². The maximum absolute atomic E-state index is 12.4. The molecule has 6 heteroatoms. The van der Waals surface area contributed by atoms with Crippen molar-refractivity contribution in [2.24, 2.45) is 0 Å². The van der Waals surface area contributed by atoms with Crippen LogP contribution in [0.1, 0.15) is 28.4 Å². The second kappa shape index (κ2) is 9.59. The van der Waals surface area contributed by atoms with E-state index < -0.39 is 6.10 Å². The third kappa shape index (κ3) is 5.59. The highest BCUT2D eigenvalue weighted by molar-refractivity contribution is 6.35. The molecule has 1 N–H and O–H groups in total. The number of hydrogen-bond acceptors (Lipinski definition) is 3. The van der Waals surface area contributed by atoms with Crippen molar-refractivity contribution < 1.29 is 14.3 Å². The van der Waals surface area contributed by atoms with Gasteiger partial charge in [-0.2, -0.15) is 0 Å². The molecular formula is C23H19Cl2NO3. The lowest BCUT2D eigenvalue weighted by Gasteiger charge is -2.16. The number of halogens is 2. The van der Waals surface area contributed by atoms with Gasteiger partial charge in [-0.1, -0.05) is 77.8 Å². The maximum Gasteiger partial charge on any atom is 0.261 e. The quantitative estimate of drug-likeness (QED) is 0.519. The van der Waals surface area contributed by atoms with Crippen LogP contribution in [-0.2, 0) is 11.3 Å². The largest absolute Gasteiger partial charge is 0.479 e. The number of ether oxygens (including phenoxy) is 1. The second-order valence-electron chi connectivity index (χ2n) is 6.44. The maximum atomic E-state index is 12.4. The Kier molecular flexibility index (Phi) is 6.91. The molecule has 4 nitrogen and oxygen atoms in total. The molecule has 0 aliphatic rings. The zero-order valence-corrected chi connectivity index (χ0v) is 17.2. The highest BCUT2D eigenvalue weighted by Crippen LogP contribution is 2.28. The van der Waals surface area contributed by atoms with E-state index in [2.05, 4.69) is 5.32 Å². The predicted molar refractivity (Wildman–Crippen MR) is 115 cm³/mol. The molecule has 0 aromatic heterocycles. The van der Waals surface area contributed by atoms with Crippen molar-refractivity contribution in [3.05, 3.63) is 99.5 Å². The highest BCUT2D eigenvalue weighted by atomic mass is 35.5. The molecule has 1 atom stereocenters. The molecule has 1 unspecified atom stereocenters. The molecule has 3 aromatic carbocycles. The van der Waals surface area contributed by atoms with Crippen LogP contribution in [-0.4, -0.2) is 17.8 Å². The van der Waals surface area contributed by atoms with E-state index in [4.69, 9.17) is 27.9 Å². The van der Waals surface area contributed by atoms with Gasteiger partial charge in [-0.05, 0) is 30.7 Å². The molecule has 3 aromatic rings. The van der Waals surface area contributed by atoms with Crippen LogP contribution in [0.5, 0.6) is 5.75 Å². The predicted octanol–water partition coefficient (Wildman–Crippen LogP) is 5.31. The summed E-state index contributed by atoms with van der Waals surface area (Å²) in [4.78, 5) is 24.7. The molecule has 148 valence electrons. The Hall–Kier alpha value is -2.82. The molecule has 1 amide bonds. The summed E-state index contributed by atoms with van der Waals surface area (Å²) in [7, 11) is 0. The molecule has 0 saturated carbocycles. The van der Waals surface area contributed by atoms with Gasteiger partial charge in [0.05, 0.1) is 5.02 Å². The summed E-state index contributed by atoms with van der Waals surface area (Å²) in [6.07, 6.45) is -0.729. The van der Waals surface area contributed by atoms with Gasteiger partial charge in [-0.25, -0.2) is 0 Å². The lowest BCUT2D eigenvalue weighted by atomic mass is 10.0. The zero-order valence-electron chi connectivity index (χ0n) is 15.7. The third-order valence-electron chi connectivity index (χ3n) is 4.29. The monoisotopic (exact) mass is 427 g/mol. The minimum atomic E-state index is -0.729. The number of hydrogen-bond donors (Lipinski definition) is 1. The van der Waals surface area contributed by atoms with Crippen molar-refractivity contribution in [3.63, 3.8) is 0 Å². The molecule has 0 aliphatic heterocycles. The van der Waals surface area contributed by atoms with Crippen molar-refractivity contribution in [1.29, 1.82) is 0 Å². The van der Waals surface area contributed by atoms with E-state index >= 15 is 0 Å². The molecule has 0 spiro atoms. The van der Waals surface area contributed by atoms with Crippen molar-refractivity contribution in [1.82, 2.24) is 5.32 Å². The molecule has 0 bridgehead atoms. The van der Waals surface area contributed by atoms with Crippen LogP contribution in [0.4, 0.5) is 0 Å². The average molecular weight is 428 g/mol. The third-order valence-corrected chi connectivity index (χ3v) is 4.82. The van der Waals surface area contributed by atoms with Crippen molar-refractivity contribution in [2.75, 3.05) is 0 Å². The average Bonchev–Trinajstić information content (AvgIpc) is 2.74. The number of carbonyl (C=O) groups is 2. The van der Waals surface area contributed by atoms with Crippen molar-refractivity contribution in [2.45, 2.75) is 19.6 Å². The lowest BCUT2D eigenvalue weighted by molar-refractivity contribution is -0.127. The molecule has 3 rings (SSSR count). The molecule has 0 aliphatic carbocycles. The van der Waals surface area contributed by atoms with Crippen LogP contribution >= 0.6 is 23.2 Å². The smallest absolute Gasteiger partial charge is 0.261 e. The van der Waals surface area contributed by atoms with Gasteiger partial charge in [-0.3, -0.25) is 9.59 Å². The fraction of sp³-hybridized carbons (Fsp3) is 0.130. The molecule has 0 fully saturated rings. The van der Waals surface area contributed by atoms with E-state index in [1.807, 2.05) is 30.3 Å². The van der Waals surface area contributed by atoms with E-state index in [1.54, 1.807) is 49.4 Å². The van der Waals surface area contributed by atoms with Gasteiger partial charge in [0.1, 0.15) is 5.75 Å². The number of benzene rings is 3. The Morgan fingerprint density at radius 3 is 2.24 bits per heavy atom. The summed E-state index contributed by atoms with van der Waals surface area (Å²) in [6.45, 7) is 1.96. The molecule has 0 heterocycles. The van der Waals surface area contributed by atoms with Gasteiger partial charge in [-0.15, -0.1) is 0 Å². The Balaban J connectivity index is 1.55. The van der Waals surface area contributed by atoms with Gasteiger partial charge in [0.2, 0.25) is 0 Å². The summed E-state index contributed by atoms with van der Waals surface area (Å²) in [5, 5.41) is 3.65. The first-order valence-corrected chi connectivity index (χ1v) is 9.78. The van der Waals surface area contributed by atoms with Crippen LogP contribution in [0.25, 0.3) is 0 Å². The zero-order chi connectivity index (χ0) is 20.8. The minimum absolute atomic E-state index is 0.0388. The SMILES string of the molecule is CC(Oc1ccc(Cl)cc1Cl)C(=O)NCc1ccc(C(=O)c2ccccc2)cc1. The number of nitrogens with one attached hydrogen (secondary N) is 1. The van der Waals surface area contributed by atoms with Crippen LogP contribution in [0.2, 0.25) is 10.0 Å². The molecule has 0 radical (unpaired) electrons. The van der Waals surface area contributed by atoms with E-state index in [0.717, 1.165) is 5.56 Å². The Morgan fingerprint density at radius 1 is 0.931 bits per heavy atom. The molecular weight excluding hydrogens is 409 g/mol. The van der Waals surface area contributed by atoms with E-state index in [0.29, 0.717) is 33.5 Å². The number of carbonyl (C=O) groups excluding carboxylic acids is 2. The number of amides is 1. The van der Waals surface area contributed by atoms with Gasteiger partial charge in [0, 0.05) is 22.7 Å². The normalized spacial score (nSPS) is 11.6. The van der Waals surface area contributed by atoms with Gasteiger partial charge in [0.15, 0.2) is 11.9 Å². The number of rotatable bonds is 7. The summed E-state index contributed by atoms with van der Waals surface area (Å²) in [6, 6.07) is 21.1. The first-order valence-electron chi connectivity index (χ1n) is 9.02. The minimum Gasteiger partial charge on any atom is -0.479 e. The fourth-order valence-electron chi connectivity index (χ4n) is 2.68. The summed E-state index contributed by atoms with van der Waals surface area (Å²) in [5.74, 6) is 0.0750. The number of ketones is 1. The van der Waals surface area contributed by atoms with E-state index in [-0.39, 0.29) is 11.7 Å². The second-order valence-corrected chi connectivity index (χ2v) is 7.29. The molecule has 29 heavy (non-hydrogen) atoms. The standard InChI is InChI=1S/C23H19Cl2NO3/c1-15(29-21-12-11-19(24)13-20(21)25)23(28)26-14-16-7-9-18(10-8-16)22(27)17-5-3-2-4-6-17/h2-13,15H,14H2,1H3,(H,26,28). The van der Waals surface area contributed by atoms with Gasteiger partial charge >= 0.3 is 0 Å². The first-order chi connectivity index (χ1) is 13.9. The van der Waals surface area contributed by atoms with Crippen LogP contribution in [0, 0.1) is 0 Å². The Labute approximate surface area is 179 Å². The van der Waals surface area contributed by atoms with Gasteiger partial charge in [0.25, 0.3) is 5.91 Å². The first kappa shape index (κ1) is 20.9. The molecule has 0 saturated heterocycles. The van der Waals surface area contributed by atoms with Crippen LogP contribution < -0.4 is 10.1 Å². The Morgan fingerprint density at radius 2 is 1.59 bits per heavy atom. The fourth-order valence-corrected chi connectivity index (χ4v) is 3.13. The highest BCUT2D eigenvalue weighted by Gasteiger charge is 2.16. The summed E-state index contributed by atoms with van der Waals surface area (Å²) >= 11 is 11.9. The van der Waals surface area contributed by atoms with Crippen molar-refractivity contribution >= 4 is 34.9 Å². The van der Waals surface area contributed by atoms with E-state index in [9.17, 15) is 9.59 Å². The Bertz CT molecular complexity index is 1000. The van der Waals surface area contributed by atoms with E-state index in [1.165, 1.54) is 0 Å². The summed E-state index contributed by atoms with van der Waals surface area (Å²) < 4.78 is 5.60. The van der Waals surface area contributed by atoms with Crippen LogP contribution in [0.15, 0.2) is 72.8 Å². The van der Waals surface area contributed by atoms with Crippen LogP contribution in [0.3, 0.4) is 0 Å².